The van der Waals surface area contributed by atoms with Crippen molar-refractivity contribution < 1.29 is 4.11 Å². The van der Waals surface area contributed by atoms with Gasteiger partial charge in [-0.3, -0.25) is 4.57 Å². The maximum absolute atomic E-state index is 8.08. The second-order valence-electron chi connectivity index (χ2n) is 11.3. The number of hydrogen-bond acceptors (Lipinski definition) is 4. The molecule has 0 spiro atoms. The summed E-state index contributed by atoms with van der Waals surface area (Å²) in [6.07, 6.45) is 1.91. The molecular weight excluding hydrogens is 557 g/mol. The van der Waals surface area contributed by atoms with Gasteiger partial charge < -0.3 is 9.80 Å². The van der Waals surface area contributed by atoms with Gasteiger partial charge in [-0.2, -0.15) is 0 Å². The van der Waals surface area contributed by atoms with Gasteiger partial charge in [0.25, 0.3) is 0 Å². The molecule has 5 heteroatoms. The van der Waals surface area contributed by atoms with Crippen LogP contribution in [0.4, 0.5) is 17.1 Å². The second kappa shape index (κ2) is 10.6. The third-order valence-electron chi connectivity index (χ3n) is 8.50. The minimum atomic E-state index is -2.22. The number of fused-ring (bicyclic) bond motifs is 4. The third-order valence-corrected chi connectivity index (χ3v) is 9.48. The topological polar surface area (TPSA) is 24.3 Å². The van der Waals surface area contributed by atoms with Gasteiger partial charge in [-0.25, -0.2) is 4.98 Å². The first-order valence-corrected chi connectivity index (χ1v) is 15.6. The van der Waals surface area contributed by atoms with Gasteiger partial charge in [0.2, 0.25) is 0 Å². The van der Waals surface area contributed by atoms with E-state index in [0.717, 1.165) is 49.3 Å². The zero-order valence-corrected chi connectivity index (χ0v) is 25.3. The Morgan fingerprint density at radius 2 is 1.43 bits per heavy atom. The highest BCUT2D eigenvalue weighted by Gasteiger charge is 2.24. The molecule has 0 N–H and O–H groups in total. The van der Waals surface area contributed by atoms with Gasteiger partial charge in [0, 0.05) is 43.5 Å². The first-order chi connectivity index (χ1) is 22.8. The predicted molar refractivity (Wildman–Crippen MR) is 186 cm³/mol. The summed E-state index contributed by atoms with van der Waals surface area (Å²) in [4.78, 5) is 10.6. The Kier molecular flexibility index (Phi) is 5.66. The van der Waals surface area contributed by atoms with Crippen molar-refractivity contribution in [2.45, 2.75) is 23.6 Å². The largest absolute Gasteiger partial charge is 0.355 e. The first-order valence-electron chi connectivity index (χ1n) is 16.2. The fourth-order valence-electron chi connectivity index (χ4n) is 6.51. The number of nitrogens with zero attached hydrogens (tertiary/aromatic N) is 4. The average molecular weight is 592 g/mol. The first kappa shape index (κ1) is 23.5. The monoisotopic (exact) mass is 591 g/mol. The van der Waals surface area contributed by atoms with Crippen LogP contribution in [0, 0.1) is 13.8 Å². The molecule has 7 aromatic rings. The summed E-state index contributed by atoms with van der Waals surface area (Å²) < 4.78 is 26.5. The zero-order chi connectivity index (χ0) is 32.3. The van der Waals surface area contributed by atoms with Crippen molar-refractivity contribution >= 4 is 50.6 Å². The molecule has 214 valence electrons. The molecule has 3 heterocycles. The van der Waals surface area contributed by atoms with E-state index in [2.05, 4.69) is 108 Å². The molecule has 44 heavy (non-hydrogen) atoms. The minimum Gasteiger partial charge on any atom is -0.355 e. The van der Waals surface area contributed by atoms with Crippen LogP contribution in [0.15, 0.2) is 137 Å². The maximum Gasteiger partial charge on any atom is 0.138 e. The third kappa shape index (κ3) is 4.43. The normalized spacial score (nSPS) is 14.1. The molecule has 0 saturated heterocycles. The van der Waals surface area contributed by atoms with Crippen LogP contribution in [-0.4, -0.2) is 23.2 Å². The molecule has 5 aromatic carbocycles. The van der Waals surface area contributed by atoms with Crippen molar-refractivity contribution in [1.82, 2.24) is 9.55 Å². The van der Waals surface area contributed by atoms with Crippen LogP contribution in [0.5, 0.6) is 0 Å². The Balaban J connectivity index is 1.19. The number of benzene rings is 5. The fourth-order valence-corrected chi connectivity index (χ4v) is 7.42. The van der Waals surface area contributed by atoms with Crippen molar-refractivity contribution in [2.24, 2.45) is 0 Å². The van der Waals surface area contributed by atoms with Crippen molar-refractivity contribution in [1.29, 1.82) is 0 Å². The van der Waals surface area contributed by atoms with Crippen molar-refractivity contribution in [3.8, 4) is 16.9 Å². The standard InChI is InChI=1S/C39H32N4S/c1-26-10-8-11-27(2)39(26)28-20-21-40-38(22-28)43-34-15-5-4-14-32(34)33-19-18-31(24-37(33)43)44-30-13-9-12-29(23-30)42-25-41(3)35-16-6-7-17-36(35)42/h4-24H,25H2,1-3H3/i3D3. The van der Waals surface area contributed by atoms with Gasteiger partial charge in [0.05, 0.1) is 29.1 Å². The molecule has 0 atom stereocenters. The molecule has 8 rings (SSSR count). The van der Waals surface area contributed by atoms with E-state index in [1.165, 1.54) is 32.4 Å². The Labute approximate surface area is 266 Å². The zero-order valence-electron chi connectivity index (χ0n) is 27.5. The van der Waals surface area contributed by atoms with Crippen LogP contribution in [0.25, 0.3) is 38.8 Å². The highest BCUT2D eigenvalue weighted by atomic mass is 32.2. The molecule has 0 amide bonds. The number of rotatable bonds is 5. The lowest BCUT2D eigenvalue weighted by Gasteiger charge is -2.20. The van der Waals surface area contributed by atoms with Crippen LogP contribution < -0.4 is 9.80 Å². The lowest BCUT2D eigenvalue weighted by Crippen LogP contribution is -2.23. The number of pyridine rings is 1. The Bertz CT molecular complexity index is 2290. The average Bonchev–Trinajstić information content (AvgIpc) is 3.62. The summed E-state index contributed by atoms with van der Waals surface area (Å²) in [7, 11) is 0. The Morgan fingerprint density at radius 1 is 0.682 bits per heavy atom. The Hall–Kier alpha value is -5.00. The smallest absolute Gasteiger partial charge is 0.138 e. The molecule has 2 aromatic heterocycles. The van der Waals surface area contributed by atoms with Gasteiger partial charge >= 0.3 is 0 Å². The van der Waals surface area contributed by atoms with Crippen LogP contribution in [0.1, 0.15) is 15.2 Å². The van der Waals surface area contributed by atoms with Gasteiger partial charge in [0.1, 0.15) is 5.82 Å². The van der Waals surface area contributed by atoms with E-state index in [0.29, 0.717) is 0 Å². The number of hydrogen-bond donors (Lipinski definition) is 0. The maximum atomic E-state index is 8.08. The van der Waals surface area contributed by atoms with Crippen molar-refractivity contribution in [3.05, 3.63) is 139 Å². The SMILES string of the molecule is [2H]C([2H])([2H])N1CN(c2cccc(Sc3ccc4c5ccccc5n(-c5cc(-c6c(C)cccc6C)ccn5)c4c3)c2)c2ccccc21. The molecule has 0 bridgehead atoms. The molecular formula is C39H32N4S. The summed E-state index contributed by atoms with van der Waals surface area (Å²) in [5, 5.41) is 2.36. The van der Waals surface area contributed by atoms with Crippen molar-refractivity contribution in [3.63, 3.8) is 0 Å². The molecule has 0 saturated carbocycles. The number of anilines is 3. The highest BCUT2D eigenvalue weighted by Crippen LogP contribution is 2.42. The lowest BCUT2D eigenvalue weighted by molar-refractivity contribution is 0.948. The van der Waals surface area contributed by atoms with Crippen LogP contribution in [0.2, 0.25) is 0 Å². The molecule has 0 radical (unpaired) electrons. The molecule has 1 aliphatic rings. The molecule has 4 nitrogen and oxygen atoms in total. The summed E-state index contributed by atoms with van der Waals surface area (Å²) >= 11 is 1.70. The molecule has 0 fully saturated rings. The van der Waals surface area contributed by atoms with E-state index < -0.39 is 6.98 Å². The quantitative estimate of drug-likeness (QED) is 0.199. The molecule has 1 aliphatic heterocycles. The van der Waals surface area contributed by atoms with E-state index in [1.807, 2.05) is 42.6 Å². The summed E-state index contributed by atoms with van der Waals surface area (Å²) in [5.41, 5.74) is 9.67. The minimum absolute atomic E-state index is 0.268. The van der Waals surface area contributed by atoms with Crippen LogP contribution >= 0.6 is 11.8 Å². The van der Waals surface area contributed by atoms with E-state index in [4.69, 9.17) is 9.10 Å². The number of aryl methyl sites for hydroxylation is 2. The summed E-state index contributed by atoms with van der Waals surface area (Å²) in [6, 6.07) is 41.9. The lowest BCUT2D eigenvalue weighted by atomic mass is 9.96. The number of para-hydroxylation sites is 3. The van der Waals surface area contributed by atoms with Crippen molar-refractivity contribution in [2.75, 3.05) is 23.4 Å². The highest BCUT2D eigenvalue weighted by molar-refractivity contribution is 7.99. The second-order valence-corrected chi connectivity index (χ2v) is 12.4. The van der Waals surface area contributed by atoms with E-state index in [9.17, 15) is 0 Å². The van der Waals surface area contributed by atoms with E-state index in [-0.39, 0.29) is 6.67 Å². The van der Waals surface area contributed by atoms with Gasteiger partial charge in [-0.05, 0) is 96.8 Å². The van der Waals surface area contributed by atoms with Gasteiger partial charge in [-0.1, -0.05) is 72.4 Å². The van der Waals surface area contributed by atoms with Crippen LogP contribution in [0.3, 0.4) is 0 Å². The van der Waals surface area contributed by atoms with Crippen LogP contribution in [-0.2, 0) is 0 Å². The van der Waals surface area contributed by atoms with Gasteiger partial charge in [0.15, 0.2) is 0 Å². The molecule has 0 aliphatic carbocycles. The van der Waals surface area contributed by atoms with E-state index in [1.54, 1.807) is 11.8 Å². The fraction of sp³-hybridized carbons (Fsp3) is 0.103. The Morgan fingerprint density at radius 3 is 2.30 bits per heavy atom. The van der Waals surface area contributed by atoms with Gasteiger partial charge in [-0.15, -0.1) is 0 Å². The molecule has 0 unspecified atom stereocenters. The predicted octanol–water partition coefficient (Wildman–Crippen LogP) is 10.2. The number of aromatic nitrogens is 2. The summed E-state index contributed by atoms with van der Waals surface area (Å²) in [6.45, 7) is 2.36. The van der Waals surface area contributed by atoms with E-state index >= 15 is 0 Å². The summed E-state index contributed by atoms with van der Waals surface area (Å²) in [5.74, 6) is 0.881.